The lowest BCUT2D eigenvalue weighted by Gasteiger charge is -2.24. The zero-order chi connectivity index (χ0) is 22.1. The van der Waals surface area contributed by atoms with Crippen LogP contribution in [0.25, 0.3) is 6.08 Å². The van der Waals surface area contributed by atoms with E-state index in [1.165, 1.54) is 11.3 Å². The number of thiazole rings is 1. The quantitative estimate of drug-likeness (QED) is 0.360. The highest BCUT2D eigenvalue weighted by molar-refractivity contribution is 9.11. The molecule has 0 bridgehead atoms. The van der Waals surface area contributed by atoms with Crippen LogP contribution in [0.1, 0.15) is 30.3 Å². The number of carbonyl (C=O) groups excluding carboxylic acids is 1. The Bertz CT molecular complexity index is 1350. The molecule has 4 rings (SSSR count). The average Bonchev–Trinajstić information content (AvgIpc) is 3.30. The fourth-order valence-electron chi connectivity index (χ4n) is 3.43. The minimum absolute atomic E-state index is 0.165. The molecule has 0 unspecified atom stereocenters. The Morgan fingerprint density at radius 3 is 2.61 bits per heavy atom. The molecule has 1 aromatic carbocycles. The maximum atomic E-state index is 13.5. The number of nitrogens with zero attached hydrogens (tertiary/aromatic N) is 2. The number of aromatic nitrogens is 1. The number of hydrogen-bond donors (Lipinski definition) is 0. The van der Waals surface area contributed by atoms with Crippen molar-refractivity contribution in [2.75, 3.05) is 12.9 Å². The molecule has 0 amide bonds. The molecule has 31 heavy (non-hydrogen) atoms. The number of ether oxygens (including phenoxy) is 1. The fourth-order valence-corrected chi connectivity index (χ4v) is 6.32. The predicted molar refractivity (Wildman–Crippen MR) is 131 cm³/mol. The van der Waals surface area contributed by atoms with E-state index >= 15 is 0 Å². The molecule has 0 radical (unpaired) electrons. The molecule has 1 aliphatic rings. The molecule has 0 saturated carbocycles. The van der Waals surface area contributed by atoms with Crippen molar-refractivity contribution >= 4 is 62.4 Å². The fraction of sp³-hybridized carbons (Fsp3) is 0.227. The second-order valence-electron chi connectivity index (χ2n) is 6.72. The Labute approximate surface area is 199 Å². The number of benzene rings is 1. The molecule has 0 saturated heterocycles. The standard InChI is InChI=1S/C22H19BrN2O3S3/c1-4-28-21(27)18-12(2)24-22-25(19(18)13-5-7-14(29-3)8-6-13)20(26)16(31-22)11-15-9-10-17(23)30-15/h5-11,19H,4H2,1-3H3/b16-11+/t19-/m0/s1. The molecule has 5 nitrogen and oxygen atoms in total. The molecule has 9 heteroatoms. The minimum Gasteiger partial charge on any atom is -0.463 e. The Morgan fingerprint density at radius 2 is 2.00 bits per heavy atom. The highest BCUT2D eigenvalue weighted by atomic mass is 79.9. The maximum Gasteiger partial charge on any atom is 0.338 e. The van der Waals surface area contributed by atoms with Gasteiger partial charge in [0.25, 0.3) is 5.56 Å². The monoisotopic (exact) mass is 534 g/mol. The molecule has 3 aromatic rings. The van der Waals surface area contributed by atoms with Crippen molar-refractivity contribution in [3.63, 3.8) is 0 Å². The van der Waals surface area contributed by atoms with E-state index in [9.17, 15) is 9.59 Å². The van der Waals surface area contributed by atoms with Gasteiger partial charge in [-0.3, -0.25) is 9.36 Å². The highest BCUT2D eigenvalue weighted by Gasteiger charge is 2.33. The number of thiophene rings is 1. The van der Waals surface area contributed by atoms with Crippen LogP contribution in [0.15, 0.2) is 66.1 Å². The van der Waals surface area contributed by atoms with Crippen molar-refractivity contribution in [2.45, 2.75) is 24.8 Å². The third-order valence-electron chi connectivity index (χ3n) is 4.82. The number of carbonyl (C=O) groups is 1. The minimum atomic E-state index is -0.580. The summed E-state index contributed by atoms with van der Waals surface area (Å²) in [6.07, 6.45) is 3.88. The van der Waals surface area contributed by atoms with Gasteiger partial charge in [-0.1, -0.05) is 23.5 Å². The van der Waals surface area contributed by atoms with Gasteiger partial charge in [-0.05, 0) is 71.9 Å². The number of thioether (sulfide) groups is 1. The first-order chi connectivity index (χ1) is 14.9. The van der Waals surface area contributed by atoms with E-state index in [0.29, 0.717) is 20.6 Å². The first kappa shape index (κ1) is 22.3. The topological polar surface area (TPSA) is 60.7 Å². The third-order valence-corrected chi connectivity index (χ3v) is 8.11. The van der Waals surface area contributed by atoms with Crippen LogP contribution >= 0.6 is 50.4 Å². The molecule has 0 spiro atoms. The van der Waals surface area contributed by atoms with Crippen LogP contribution in [0.3, 0.4) is 0 Å². The summed E-state index contributed by atoms with van der Waals surface area (Å²) in [5.74, 6) is -0.445. The largest absolute Gasteiger partial charge is 0.463 e. The van der Waals surface area contributed by atoms with Crippen molar-refractivity contribution in [3.05, 3.63) is 81.6 Å². The zero-order valence-corrected chi connectivity index (χ0v) is 21.1. The lowest BCUT2D eigenvalue weighted by molar-refractivity contribution is -0.139. The van der Waals surface area contributed by atoms with Gasteiger partial charge in [0.1, 0.15) is 0 Å². The molecule has 1 aliphatic heterocycles. The summed E-state index contributed by atoms with van der Waals surface area (Å²) in [5, 5.41) is 0. The van der Waals surface area contributed by atoms with Gasteiger partial charge in [-0.2, -0.15) is 0 Å². The summed E-state index contributed by atoms with van der Waals surface area (Å²) in [4.78, 5) is 33.6. The van der Waals surface area contributed by atoms with E-state index in [1.54, 1.807) is 41.5 Å². The number of rotatable bonds is 5. The number of fused-ring (bicyclic) bond motifs is 1. The maximum absolute atomic E-state index is 13.5. The summed E-state index contributed by atoms with van der Waals surface area (Å²) in [6.45, 7) is 3.82. The van der Waals surface area contributed by atoms with Crippen molar-refractivity contribution in [1.82, 2.24) is 4.57 Å². The van der Waals surface area contributed by atoms with Crippen LogP contribution in [0, 0.1) is 0 Å². The third kappa shape index (κ3) is 4.37. The van der Waals surface area contributed by atoms with Gasteiger partial charge in [-0.15, -0.1) is 23.1 Å². The first-order valence-electron chi connectivity index (χ1n) is 9.52. The second-order valence-corrected chi connectivity index (χ2v) is 11.1. The van der Waals surface area contributed by atoms with Gasteiger partial charge in [-0.25, -0.2) is 9.79 Å². The first-order valence-corrected chi connectivity index (χ1v) is 13.2. The smallest absolute Gasteiger partial charge is 0.338 e. The van der Waals surface area contributed by atoms with Crippen molar-refractivity contribution in [3.8, 4) is 0 Å². The number of hydrogen-bond acceptors (Lipinski definition) is 7. The van der Waals surface area contributed by atoms with Crippen LogP contribution in [-0.4, -0.2) is 23.4 Å². The lowest BCUT2D eigenvalue weighted by atomic mass is 9.96. The highest BCUT2D eigenvalue weighted by Crippen LogP contribution is 2.31. The van der Waals surface area contributed by atoms with E-state index < -0.39 is 12.0 Å². The Kier molecular flexibility index (Phi) is 6.66. The van der Waals surface area contributed by atoms with Crippen molar-refractivity contribution in [1.29, 1.82) is 0 Å². The summed E-state index contributed by atoms with van der Waals surface area (Å²) in [7, 11) is 0. The van der Waals surface area contributed by atoms with Gasteiger partial charge in [0.2, 0.25) is 0 Å². The second kappa shape index (κ2) is 9.28. The van der Waals surface area contributed by atoms with Gasteiger partial charge in [0.05, 0.1) is 32.2 Å². The summed E-state index contributed by atoms with van der Waals surface area (Å²) in [6, 6.07) is 11.2. The summed E-state index contributed by atoms with van der Waals surface area (Å²) in [5.41, 5.74) is 1.66. The van der Waals surface area contributed by atoms with E-state index in [1.807, 2.05) is 48.7 Å². The summed E-state index contributed by atoms with van der Waals surface area (Å²) < 4.78 is 8.52. The van der Waals surface area contributed by atoms with Crippen LogP contribution in [-0.2, 0) is 9.53 Å². The van der Waals surface area contributed by atoms with Gasteiger partial charge in [0.15, 0.2) is 4.80 Å². The molecule has 2 aromatic heterocycles. The molecule has 1 atom stereocenters. The SMILES string of the molecule is CCOC(=O)C1=C(C)N=c2s/c(=C/c3ccc(Br)s3)c(=O)n2[C@H]1c1ccc(SC)cc1. The molecule has 0 aliphatic carbocycles. The van der Waals surface area contributed by atoms with E-state index in [2.05, 4.69) is 20.9 Å². The molecular weight excluding hydrogens is 516 g/mol. The van der Waals surface area contributed by atoms with E-state index in [0.717, 1.165) is 19.1 Å². The van der Waals surface area contributed by atoms with Gasteiger partial charge < -0.3 is 4.74 Å². The van der Waals surface area contributed by atoms with Crippen molar-refractivity contribution < 1.29 is 9.53 Å². The number of halogens is 1. The molecule has 0 N–H and O–H groups in total. The Hall–Kier alpha value is -1.94. The molecule has 160 valence electrons. The average molecular weight is 536 g/mol. The van der Waals surface area contributed by atoms with Crippen LogP contribution in [0.2, 0.25) is 0 Å². The van der Waals surface area contributed by atoms with Crippen LogP contribution in [0.4, 0.5) is 0 Å². The zero-order valence-electron chi connectivity index (χ0n) is 17.0. The molecule has 3 heterocycles. The van der Waals surface area contributed by atoms with Gasteiger partial charge >= 0.3 is 5.97 Å². The molecule has 0 fully saturated rings. The Balaban J connectivity index is 1.94. The molecular formula is C22H19BrN2O3S3. The van der Waals surface area contributed by atoms with Crippen molar-refractivity contribution in [2.24, 2.45) is 4.99 Å². The Morgan fingerprint density at radius 1 is 1.26 bits per heavy atom. The van der Waals surface area contributed by atoms with E-state index in [4.69, 9.17) is 4.74 Å². The predicted octanol–water partition coefficient (Wildman–Crippen LogP) is 4.34. The number of allylic oxidation sites excluding steroid dienone is 1. The summed E-state index contributed by atoms with van der Waals surface area (Å²) >= 11 is 7.98. The van der Waals surface area contributed by atoms with E-state index in [-0.39, 0.29) is 12.2 Å². The lowest BCUT2D eigenvalue weighted by Crippen LogP contribution is -2.39. The number of esters is 1. The normalized spacial score (nSPS) is 16.3. The van der Waals surface area contributed by atoms with Crippen LogP contribution < -0.4 is 14.9 Å². The van der Waals surface area contributed by atoms with Gasteiger partial charge in [0, 0.05) is 9.77 Å². The van der Waals surface area contributed by atoms with Crippen LogP contribution in [0.5, 0.6) is 0 Å².